The Balaban J connectivity index is 1.61. The molecule has 0 bridgehead atoms. The van der Waals surface area contributed by atoms with Crippen molar-refractivity contribution < 1.29 is 18.7 Å². The normalized spacial score (nSPS) is 20.0. The molecule has 5 heteroatoms. The molecule has 1 aliphatic rings. The van der Waals surface area contributed by atoms with Crippen LogP contribution in [0.4, 0.5) is 4.39 Å². The van der Waals surface area contributed by atoms with Gasteiger partial charge in [0.2, 0.25) is 5.91 Å². The molecule has 0 N–H and O–H groups in total. The molecule has 1 heterocycles. The first kappa shape index (κ1) is 18.4. The minimum Gasteiger partial charge on any atom is -0.497 e. The number of morpholine rings is 1. The van der Waals surface area contributed by atoms with Crippen LogP contribution in [0.5, 0.6) is 5.75 Å². The Kier molecular flexibility index (Phi) is 5.89. The van der Waals surface area contributed by atoms with Crippen LogP contribution in [0.1, 0.15) is 30.6 Å². The highest BCUT2D eigenvalue weighted by Crippen LogP contribution is 2.26. The van der Waals surface area contributed by atoms with Gasteiger partial charge in [-0.15, -0.1) is 0 Å². The van der Waals surface area contributed by atoms with E-state index in [1.165, 1.54) is 12.1 Å². The van der Waals surface area contributed by atoms with Gasteiger partial charge in [0, 0.05) is 13.0 Å². The number of hydrogen-bond acceptors (Lipinski definition) is 3. The van der Waals surface area contributed by atoms with Gasteiger partial charge < -0.3 is 14.4 Å². The molecule has 2 aromatic carbocycles. The Morgan fingerprint density at radius 2 is 2.00 bits per heavy atom. The molecular formula is C21H24FNO3. The minimum absolute atomic E-state index is 0.0560. The summed E-state index contributed by atoms with van der Waals surface area (Å²) in [6.07, 6.45) is 0.832. The van der Waals surface area contributed by atoms with Crippen LogP contribution in [0.15, 0.2) is 48.5 Å². The van der Waals surface area contributed by atoms with E-state index in [-0.39, 0.29) is 23.9 Å². The first-order chi connectivity index (χ1) is 12.5. The predicted octanol–water partition coefficient (Wildman–Crippen LogP) is 3.76. The highest BCUT2D eigenvalue weighted by atomic mass is 19.1. The van der Waals surface area contributed by atoms with Gasteiger partial charge in [0.05, 0.1) is 19.8 Å². The van der Waals surface area contributed by atoms with Crippen LogP contribution in [-0.2, 0) is 16.0 Å². The standard InChI is InChI=1S/C21H24FNO3/c1-15-13-23(14-20(26-15)17-7-9-18(22)10-8-17)21(24)11-6-16-4-3-5-19(12-16)25-2/h3-5,7-10,12,15,20H,6,11,13-14H2,1-2H3. The molecule has 1 aliphatic heterocycles. The zero-order chi connectivity index (χ0) is 18.5. The summed E-state index contributed by atoms with van der Waals surface area (Å²) in [5.41, 5.74) is 1.97. The van der Waals surface area contributed by atoms with Gasteiger partial charge in [-0.3, -0.25) is 4.79 Å². The van der Waals surface area contributed by atoms with E-state index in [2.05, 4.69) is 0 Å². The third-order valence-electron chi connectivity index (χ3n) is 4.62. The number of benzene rings is 2. The lowest BCUT2D eigenvalue weighted by atomic mass is 10.0. The monoisotopic (exact) mass is 357 g/mol. The molecule has 0 aromatic heterocycles. The van der Waals surface area contributed by atoms with Crippen molar-refractivity contribution in [3.05, 3.63) is 65.5 Å². The van der Waals surface area contributed by atoms with E-state index < -0.39 is 0 Å². The Morgan fingerprint density at radius 1 is 1.23 bits per heavy atom. The summed E-state index contributed by atoms with van der Waals surface area (Å²) >= 11 is 0. The molecule has 2 unspecified atom stereocenters. The molecule has 1 saturated heterocycles. The van der Waals surface area contributed by atoms with E-state index in [1.807, 2.05) is 36.1 Å². The van der Waals surface area contributed by atoms with Gasteiger partial charge in [-0.05, 0) is 48.7 Å². The molecule has 0 spiro atoms. The number of ether oxygens (including phenoxy) is 2. The fraction of sp³-hybridized carbons (Fsp3) is 0.381. The number of hydrogen-bond donors (Lipinski definition) is 0. The van der Waals surface area contributed by atoms with Crippen molar-refractivity contribution in [2.45, 2.75) is 32.0 Å². The van der Waals surface area contributed by atoms with Crippen LogP contribution >= 0.6 is 0 Å². The summed E-state index contributed by atoms with van der Waals surface area (Å²) in [6, 6.07) is 14.1. The van der Waals surface area contributed by atoms with Gasteiger partial charge in [0.1, 0.15) is 17.7 Å². The highest BCUT2D eigenvalue weighted by Gasteiger charge is 2.29. The SMILES string of the molecule is COc1cccc(CCC(=O)N2CC(C)OC(c3ccc(F)cc3)C2)c1. The molecule has 0 aliphatic carbocycles. The molecule has 26 heavy (non-hydrogen) atoms. The van der Waals surface area contributed by atoms with Gasteiger partial charge in [0.15, 0.2) is 0 Å². The molecule has 1 amide bonds. The second kappa shape index (κ2) is 8.32. The maximum absolute atomic E-state index is 13.1. The first-order valence-electron chi connectivity index (χ1n) is 8.87. The summed E-state index contributed by atoms with van der Waals surface area (Å²) in [4.78, 5) is 14.5. The van der Waals surface area contributed by atoms with Crippen LogP contribution in [0.2, 0.25) is 0 Å². The Morgan fingerprint density at radius 3 is 2.73 bits per heavy atom. The third kappa shape index (κ3) is 4.61. The first-order valence-corrected chi connectivity index (χ1v) is 8.87. The van der Waals surface area contributed by atoms with Gasteiger partial charge in [-0.2, -0.15) is 0 Å². The van der Waals surface area contributed by atoms with Crippen LogP contribution in [-0.4, -0.2) is 37.1 Å². The van der Waals surface area contributed by atoms with E-state index in [4.69, 9.17) is 9.47 Å². The fourth-order valence-corrected chi connectivity index (χ4v) is 3.25. The molecule has 3 rings (SSSR count). The predicted molar refractivity (Wildman–Crippen MR) is 97.6 cm³/mol. The van der Waals surface area contributed by atoms with Crippen LogP contribution in [0, 0.1) is 5.82 Å². The topological polar surface area (TPSA) is 38.8 Å². The molecule has 138 valence electrons. The highest BCUT2D eigenvalue weighted by molar-refractivity contribution is 5.76. The maximum atomic E-state index is 13.1. The van der Waals surface area contributed by atoms with Crippen LogP contribution in [0.3, 0.4) is 0 Å². The number of aryl methyl sites for hydroxylation is 1. The van der Waals surface area contributed by atoms with Crippen molar-refractivity contribution in [3.8, 4) is 5.75 Å². The molecule has 2 aromatic rings. The fourth-order valence-electron chi connectivity index (χ4n) is 3.25. The summed E-state index contributed by atoms with van der Waals surface area (Å²) in [6.45, 7) is 3.03. The van der Waals surface area contributed by atoms with Gasteiger partial charge >= 0.3 is 0 Å². The summed E-state index contributed by atoms with van der Waals surface area (Å²) in [7, 11) is 1.63. The lowest BCUT2D eigenvalue weighted by Crippen LogP contribution is -2.46. The average Bonchev–Trinajstić information content (AvgIpc) is 2.66. The number of nitrogens with zero attached hydrogens (tertiary/aromatic N) is 1. The number of halogens is 1. The van der Waals surface area contributed by atoms with E-state index in [0.717, 1.165) is 16.9 Å². The summed E-state index contributed by atoms with van der Waals surface area (Å²) in [5, 5.41) is 0. The number of rotatable bonds is 5. The van der Waals surface area contributed by atoms with Gasteiger partial charge in [-0.1, -0.05) is 24.3 Å². The van der Waals surface area contributed by atoms with E-state index in [0.29, 0.717) is 25.9 Å². The lowest BCUT2D eigenvalue weighted by molar-refractivity contribution is -0.144. The summed E-state index contributed by atoms with van der Waals surface area (Å²) in [5.74, 6) is 0.630. The lowest BCUT2D eigenvalue weighted by Gasteiger charge is -2.37. The van der Waals surface area contributed by atoms with Crippen molar-refractivity contribution in [2.75, 3.05) is 20.2 Å². The minimum atomic E-state index is -0.274. The smallest absolute Gasteiger partial charge is 0.223 e. The number of carbonyl (C=O) groups excluding carboxylic acids is 1. The quantitative estimate of drug-likeness (QED) is 0.818. The largest absolute Gasteiger partial charge is 0.497 e. The van der Waals surface area contributed by atoms with Gasteiger partial charge in [-0.25, -0.2) is 4.39 Å². The maximum Gasteiger partial charge on any atom is 0.223 e. The van der Waals surface area contributed by atoms with Crippen LogP contribution in [0.25, 0.3) is 0 Å². The Labute approximate surface area is 153 Å². The molecular weight excluding hydrogens is 333 g/mol. The zero-order valence-corrected chi connectivity index (χ0v) is 15.2. The van der Waals surface area contributed by atoms with E-state index in [1.54, 1.807) is 19.2 Å². The van der Waals surface area contributed by atoms with Crippen molar-refractivity contribution in [3.63, 3.8) is 0 Å². The molecule has 0 saturated carbocycles. The molecule has 4 nitrogen and oxygen atoms in total. The molecule has 0 radical (unpaired) electrons. The Bertz CT molecular complexity index is 747. The number of methoxy groups -OCH3 is 1. The molecule has 1 fully saturated rings. The van der Waals surface area contributed by atoms with Crippen LogP contribution < -0.4 is 4.74 Å². The molecule has 2 atom stereocenters. The Hall–Kier alpha value is -2.40. The zero-order valence-electron chi connectivity index (χ0n) is 15.2. The third-order valence-corrected chi connectivity index (χ3v) is 4.62. The van der Waals surface area contributed by atoms with Crippen molar-refractivity contribution in [2.24, 2.45) is 0 Å². The van der Waals surface area contributed by atoms with E-state index >= 15 is 0 Å². The van der Waals surface area contributed by atoms with Gasteiger partial charge in [0.25, 0.3) is 0 Å². The van der Waals surface area contributed by atoms with E-state index in [9.17, 15) is 9.18 Å². The summed E-state index contributed by atoms with van der Waals surface area (Å²) < 4.78 is 24.3. The number of carbonyl (C=O) groups is 1. The second-order valence-corrected chi connectivity index (χ2v) is 6.64. The van der Waals surface area contributed by atoms with Crippen molar-refractivity contribution >= 4 is 5.91 Å². The van der Waals surface area contributed by atoms with Crippen molar-refractivity contribution in [1.82, 2.24) is 4.90 Å². The average molecular weight is 357 g/mol. The van der Waals surface area contributed by atoms with Crippen molar-refractivity contribution in [1.29, 1.82) is 0 Å². The number of amides is 1. The second-order valence-electron chi connectivity index (χ2n) is 6.64.